The fourth-order valence-electron chi connectivity index (χ4n) is 2.48. The second kappa shape index (κ2) is 4.84. The molecule has 1 atom stereocenters. The average Bonchev–Trinajstić information content (AvgIpc) is 2.15. The molecule has 0 saturated carbocycles. The molecule has 1 fully saturated rings. The van der Waals surface area contributed by atoms with Gasteiger partial charge in [-0.25, -0.2) is 0 Å². The number of likely N-dealkylation sites (N-methyl/N-ethyl adjacent to an activating group) is 1. The van der Waals surface area contributed by atoms with E-state index < -0.39 is 0 Å². The molecule has 0 amide bonds. The van der Waals surface area contributed by atoms with E-state index in [9.17, 15) is 0 Å². The van der Waals surface area contributed by atoms with Gasteiger partial charge in [0, 0.05) is 31.2 Å². The summed E-state index contributed by atoms with van der Waals surface area (Å²) in [5, 5.41) is 0. The van der Waals surface area contributed by atoms with Crippen molar-refractivity contribution in [3.05, 3.63) is 0 Å². The van der Waals surface area contributed by atoms with Gasteiger partial charge in [-0.2, -0.15) is 0 Å². The molecular weight excluding hydrogens is 184 g/mol. The third-order valence-corrected chi connectivity index (χ3v) is 3.66. The summed E-state index contributed by atoms with van der Waals surface area (Å²) in [6, 6.07) is 0.739. The third-order valence-electron chi connectivity index (χ3n) is 3.66. The van der Waals surface area contributed by atoms with Crippen LogP contribution in [0.25, 0.3) is 0 Å². The Hall–Kier alpha value is -0.0800. The smallest absolute Gasteiger partial charge is 0.0246 e. The molecule has 1 heterocycles. The lowest BCUT2D eigenvalue weighted by molar-refractivity contribution is 0.00789. The molecule has 2 nitrogen and oxygen atoms in total. The van der Waals surface area contributed by atoms with E-state index in [4.69, 9.17) is 0 Å². The first-order chi connectivity index (χ1) is 6.86. The molecule has 1 aliphatic rings. The van der Waals surface area contributed by atoms with Gasteiger partial charge in [-0.3, -0.25) is 9.80 Å². The molecule has 90 valence electrons. The Kier molecular flexibility index (Phi) is 4.19. The molecule has 0 aliphatic carbocycles. The molecule has 0 aromatic carbocycles. The lowest BCUT2D eigenvalue weighted by Gasteiger charge is -2.48. The van der Waals surface area contributed by atoms with Crippen LogP contribution in [-0.4, -0.2) is 47.6 Å². The summed E-state index contributed by atoms with van der Waals surface area (Å²) in [6.07, 6.45) is 0. The first-order valence-electron chi connectivity index (χ1n) is 6.35. The molecule has 2 heteroatoms. The van der Waals surface area contributed by atoms with Crippen LogP contribution in [0.15, 0.2) is 0 Å². The SMILES string of the molecule is CCN1CCN(C(C)(C)C)CC1C(C)C. The van der Waals surface area contributed by atoms with Crippen LogP contribution in [0.2, 0.25) is 0 Å². The van der Waals surface area contributed by atoms with Gasteiger partial charge in [0.15, 0.2) is 0 Å². The maximum absolute atomic E-state index is 2.63. The van der Waals surface area contributed by atoms with Gasteiger partial charge in [-0.1, -0.05) is 20.8 Å². The molecule has 0 bridgehead atoms. The van der Waals surface area contributed by atoms with Crippen molar-refractivity contribution in [2.75, 3.05) is 26.2 Å². The zero-order chi connectivity index (χ0) is 11.6. The second-order valence-corrected chi connectivity index (χ2v) is 6.06. The van der Waals surface area contributed by atoms with E-state index in [1.165, 1.54) is 26.2 Å². The van der Waals surface area contributed by atoms with E-state index in [2.05, 4.69) is 51.3 Å². The van der Waals surface area contributed by atoms with Crippen LogP contribution in [0.5, 0.6) is 0 Å². The molecule has 1 rings (SSSR count). The highest BCUT2D eigenvalue weighted by Crippen LogP contribution is 2.22. The summed E-state index contributed by atoms with van der Waals surface area (Å²) in [7, 11) is 0. The summed E-state index contributed by atoms with van der Waals surface area (Å²) in [5.74, 6) is 0.759. The maximum atomic E-state index is 2.63. The van der Waals surface area contributed by atoms with Crippen LogP contribution in [0.3, 0.4) is 0 Å². The summed E-state index contributed by atoms with van der Waals surface area (Å²) in [6.45, 7) is 18.8. The largest absolute Gasteiger partial charge is 0.298 e. The molecular formula is C13H28N2. The van der Waals surface area contributed by atoms with E-state index >= 15 is 0 Å². The van der Waals surface area contributed by atoms with Gasteiger partial charge in [0.2, 0.25) is 0 Å². The van der Waals surface area contributed by atoms with Crippen molar-refractivity contribution in [1.29, 1.82) is 0 Å². The van der Waals surface area contributed by atoms with Gasteiger partial charge in [0.25, 0.3) is 0 Å². The molecule has 0 spiro atoms. The Morgan fingerprint density at radius 3 is 2.20 bits per heavy atom. The first-order valence-corrected chi connectivity index (χ1v) is 6.35. The van der Waals surface area contributed by atoms with Crippen molar-refractivity contribution in [3.8, 4) is 0 Å². The molecule has 0 aromatic heterocycles. The number of hydrogen-bond donors (Lipinski definition) is 0. The Labute approximate surface area is 95.6 Å². The molecule has 15 heavy (non-hydrogen) atoms. The van der Waals surface area contributed by atoms with Gasteiger partial charge in [-0.05, 0) is 33.2 Å². The second-order valence-electron chi connectivity index (χ2n) is 6.06. The number of rotatable bonds is 2. The molecule has 0 radical (unpaired) electrons. The van der Waals surface area contributed by atoms with Crippen LogP contribution in [0.4, 0.5) is 0 Å². The van der Waals surface area contributed by atoms with Gasteiger partial charge >= 0.3 is 0 Å². The van der Waals surface area contributed by atoms with E-state index in [0.29, 0.717) is 5.54 Å². The van der Waals surface area contributed by atoms with E-state index in [1.54, 1.807) is 0 Å². The van der Waals surface area contributed by atoms with Gasteiger partial charge in [0.05, 0.1) is 0 Å². The van der Waals surface area contributed by atoms with Crippen LogP contribution in [0.1, 0.15) is 41.5 Å². The topological polar surface area (TPSA) is 6.48 Å². The highest BCUT2D eigenvalue weighted by Gasteiger charge is 2.32. The van der Waals surface area contributed by atoms with Crippen molar-refractivity contribution in [2.24, 2.45) is 5.92 Å². The van der Waals surface area contributed by atoms with Crippen molar-refractivity contribution in [1.82, 2.24) is 9.80 Å². The lowest BCUT2D eigenvalue weighted by atomic mass is 9.95. The van der Waals surface area contributed by atoms with Crippen LogP contribution < -0.4 is 0 Å². The predicted molar refractivity (Wildman–Crippen MR) is 67.2 cm³/mol. The quantitative estimate of drug-likeness (QED) is 0.694. The minimum absolute atomic E-state index is 0.326. The van der Waals surface area contributed by atoms with Crippen LogP contribution in [0, 0.1) is 5.92 Å². The minimum Gasteiger partial charge on any atom is -0.298 e. The zero-order valence-electron chi connectivity index (χ0n) is 11.4. The Morgan fingerprint density at radius 2 is 1.80 bits per heavy atom. The van der Waals surface area contributed by atoms with E-state index in [0.717, 1.165) is 12.0 Å². The van der Waals surface area contributed by atoms with Gasteiger partial charge < -0.3 is 0 Å². The van der Waals surface area contributed by atoms with E-state index in [1.807, 2.05) is 0 Å². The Bertz CT molecular complexity index is 193. The van der Waals surface area contributed by atoms with Crippen molar-refractivity contribution >= 4 is 0 Å². The highest BCUT2D eigenvalue weighted by molar-refractivity contribution is 4.88. The van der Waals surface area contributed by atoms with Crippen molar-refractivity contribution in [2.45, 2.75) is 53.1 Å². The molecule has 0 N–H and O–H groups in total. The number of nitrogens with zero attached hydrogens (tertiary/aromatic N) is 2. The van der Waals surface area contributed by atoms with Gasteiger partial charge in [0.1, 0.15) is 0 Å². The molecule has 1 aliphatic heterocycles. The van der Waals surface area contributed by atoms with Crippen LogP contribution >= 0.6 is 0 Å². The summed E-state index contributed by atoms with van der Waals surface area (Å²) in [5.41, 5.74) is 0.326. The van der Waals surface area contributed by atoms with Crippen molar-refractivity contribution in [3.63, 3.8) is 0 Å². The highest BCUT2D eigenvalue weighted by atomic mass is 15.3. The predicted octanol–water partition coefficient (Wildman–Crippen LogP) is 2.45. The monoisotopic (exact) mass is 212 g/mol. The Balaban J connectivity index is 2.66. The van der Waals surface area contributed by atoms with Gasteiger partial charge in [-0.15, -0.1) is 0 Å². The normalized spacial score (nSPS) is 26.2. The first kappa shape index (κ1) is 13.0. The fourth-order valence-corrected chi connectivity index (χ4v) is 2.48. The summed E-state index contributed by atoms with van der Waals surface area (Å²) in [4.78, 5) is 5.26. The maximum Gasteiger partial charge on any atom is 0.0246 e. The minimum atomic E-state index is 0.326. The van der Waals surface area contributed by atoms with Crippen molar-refractivity contribution < 1.29 is 0 Å². The number of piperazine rings is 1. The molecule has 1 saturated heterocycles. The molecule has 0 aromatic rings. The van der Waals surface area contributed by atoms with Crippen LogP contribution in [-0.2, 0) is 0 Å². The number of hydrogen-bond acceptors (Lipinski definition) is 2. The zero-order valence-corrected chi connectivity index (χ0v) is 11.4. The average molecular weight is 212 g/mol. The third kappa shape index (κ3) is 3.18. The van der Waals surface area contributed by atoms with E-state index in [-0.39, 0.29) is 0 Å². The fraction of sp³-hybridized carbons (Fsp3) is 1.00. The standard InChI is InChI=1S/C13H28N2/c1-7-14-8-9-15(13(4,5)6)10-12(14)11(2)3/h11-12H,7-10H2,1-6H3. The lowest BCUT2D eigenvalue weighted by Crippen LogP contribution is -2.59. The molecule has 1 unspecified atom stereocenters. The summed E-state index contributed by atoms with van der Waals surface area (Å²) >= 11 is 0. The Morgan fingerprint density at radius 1 is 1.20 bits per heavy atom. The summed E-state index contributed by atoms with van der Waals surface area (Å²) < 4.78 is 0.